The number of carbonyl (C=O) groups excluding carboxylic acids is 1. The van der Waals surface area contributed by atoms with E-state index in [1.54, 1.807) is 6.08 Å². The van der Waals surface area contributed by atoms with Crippen LogP contribution in [0.15, 0.2) is 24.8 Å². The van der Waals surface area contributed by atoms with Gasteiger partial charge in [0.1, 0.15) is 0 Å². The molecule has 0 atom stereocenters. The van der Waals surface area contributed by atoms with Gasteiger partial charge in [0.05, 0.1) is 0 Å². The zero-order chi connectivity index (χ0) is 12.8. The standard InChI is InChI=1S/C15H21NO/c1-5-7-16-8-6-14(17)15-12(3)9-11(2)10-13(15)4/h5,9-10,16H,1,6-8H2,2-4H3. The Labute approximate surface area is 104 Å². The van der Waals surface area contributed by atoms with Crippen molar-refractivity contribution < 1.29 is 4.79 Å². The molecule has 17 heavy (non-hydrogen) atoms. The largest absolute Gasteiger partial charge is 0.313 e. The highest BCUT2D eigenvalue weighted by Gasteiger charge is 2.11. The predicted octanol–water partition coefficient (Wildman–Crippen LogP) is 2.96. The van der Waals surface area contributed by atoms with Crippen LogP contribution in [0.1, 0.15) is 33.5 Å². The van der Waals surface area contributed by atoms with Crippen molar-refractivity contribution in [1.29, 1.82) is 0 Å². The normalized spacial score (nSPS) is 10.3. The molecular formula is C15H21NO. The summed E-state index contributed by atoms with van der Waals surface area (Å²) in [5.74, 6) is 0.219. The molecule has 0 heterocycles. The molecule has 92 valence electrons. The lowest BCUT2D eigenvalue weighted by Gasteiger charge is -2.10. The molecule has 0 aliphatic rings. The summed E-state index contributed by atoms with van der Waals surface area (Å²) in [7, 11) is 0. The number of carbonyl (C=O) groups is 1. The van der Waals surface area contributed by atoms with Gasteiger partial charge in [-0.3, -0.25) is 4.79 Å². The van der Waals surface area contributed by atoms with Crippen LogP contribution in [-0.4, -0.2) is 18.9 Å². The van der Waals surface area contributed by atoms with Gasteiger partial charge < -0.3 is 5.32 Å². The van der Waals surface area contributed by atoms with E-state index in [0.29, 0.717) is 13.0 Å². The van der Waals surface area contributed by atoms with Gasteiger partial charge in [0.15, 0.2) is 5.78 Å². The Morgan fingerprint density at radius 2 is 1.88 bits per heavy atom. The van der Waals surface area contributed by atoms with Crippen molar-refractivity contribution in [2.75, 3.05) is 13.1 Å². The molecule has 2 heteroatoms. The first-order valence-corrected chi connectivity index (χ1v) is 5.99. The lowest BCUT2D eigenvalue weighted by Crippen LogP contribution is -2.19. The number of rotatable bonds is 6. The Kier molecular flexibility index (Phi) is 5.11. The molecule has 1 aromatic carbocycles. The van der Waals surface area contributed by atoms with E-state index < -0.39 is 0 Å². The van der Waals surface area contributed by atoms with Crippen LogP contribution in [0, 0.1) is 20.8 Å². The highest BCUT2D eigenvalue weighted by atomic mass is 16.1. The second-order valence-electron chi connectivity index (χ2n) is 4.44. The molecule has 0 bridgehead atoms. The summed E-state index contributed by atoms with van der Waals surface area (Å²) in [5.41, 5.74) is 4.25. The van der Waals surface area contributed by atoms with Crippen LogP contribution in [0.25, 0.3) is 0 Å². The van der Waals surface area contributed by atoms with Gasteiger partial charge in [-0.2, -0.15) is 0 Å². The van der Waals surface area contributed by atoms with E-state index in [-0.39, 0.29) is 5.78 Å². The molecule has 0 amide bonds. The molecule has 1 rings (SSSR count). The van der Waals surface area contributed by atoms with Gasteiger partial charge in [-0.1, -0.05) is 23.8 Å². The number of benzene rings is 1. The van der Waals surface area contributed by atoms with Crippen molar-refractivity contribution in [3.63, 3.8) is 0 Å². The smallest absolute Gasteiger partial charge is 0.164 e. The second kappa shape index (κ2) is 6.36. The molecule has 0 aromatic heterocycles. The zero-order valence-electron chi connectivity index (χ0n) is 11.0. The van der Waals surface area contributed by atoms with E-state index in [2.05, 4.69) is 31.0 Å². The summed E-state index contributed by atoms with van der Waals surface area (Å²) in [5, 5.41) is 3.15. The minimum absolute atomic E-state index is 0.219. The van der Waals surface area contributed by atoms with Crippen LogP contribution in [0.4, 0.5) is 0 Å². The van der Waals surface area contributed by atoms with E-state index >= 15 is 0 Å². The topological polar surface area (TPSA) is 29.1 Å². The first kappa shape index (κ1) is 13.7. The molecule has 1 aromatic rings. The molecule has 0 spiro atoms. The average molecular weight is 231 g/mol. The van der Waals surface area contributed by atoms with Crippen molar-refractivity contribution in [2.45, 2.75) is 27.2 Å². The van der Waals surface area contributed by atoms with Crippen molar-refractivity contribution >= 4 is 5.78 Å². The highest BCUT2D eigenvalue weighted by molar-refractivity contribution is 5.99. The Balaban J connectivity index is 2.72. The summed E-state index contributed by atoms with van der Waals surface area (Å²) in [4.78, 5) is 12.1. The van der Waals surface area contributed by atoms with Gasteiger partial charge in [-0.25, -0.2) is 0 Å². The maximum absolute atomic E-state index is 12.1. The van der Waals surface area contributed by atoms with Gasteiger partial charge in [-0.15, -0.1) is 6.58 Å². The van der Waals surface area contributed by atoms with Crippen LogP contribution < -0.4 is 5.32 Å². The van der Waals surface area contributed by atoms with Crippen molar-refractivity contribution in [1.82, 2.24) is 5.32 Å². The van der Waals surface area contributed by atoms with Crippen molar-refractivity contribution in [3.05, 3.63) is 47.0 Å². The third-order valence-electron chi connectivity index (χ3n) is 2.77. The number of ketones is 1. The zero-order valence-corrected chi connectivity index (χ0v) is 11.0. The molecule has 0 aliphatic heterocycles. The molecule has 0 saturated heterocycles. The van der Waals surface area contributed by atoms with Crippen molar-refractivity contribution in [3.8, 4) is 0 Å². The van der Waals surface area contributed by atoms with Gasteiger partial charge in [-0.05, 0) is 31.9 Å². The highest BCUT2D eigenvalue weighted by Crippen LogP contribution is 2.17. The van der Waals surface area contributed by atoms with Crippen LogP contribution in [0.2, 0.25) is 0 Å². The number of nitrogens with one attached hydrogen (secondary N) is 1. The maximum Gasteiger partial charge on any atom is 0.164 e. The first-order chi connectivity index (χ1) is 8.06. The van der Waals surface area contributed by atoms with Gasteiger partial charge in [0.25, 0.3) is 0 Å². The van der Waals surface area contributed by atoms with Crippen LogP contribution in [0.5, 0.6) is 0 Å². The number of Topliss-reactive ketones (excluding diaryl/α,β-unsaturated/α-hetero) is 1. The van der Waals surface area contributed by atoms with Crippen molar-refractivity contribution in [2.24, 2.45) is 0 Å². The third-order valence-corrected chi connectivity index (χ3v) is 2.77. The molecule has 0 saturated carbocycles. The minimum Gasteiger partial charge on any atom is -0.313 e. The summed E-state index contributed by atoms with van der Waals surface area (Å²) < 4.78 is 0. The third kappa shape index (κ3) is 3.82. The van der Waals surface area contributed by atoms with Crippen LogP contribution in [-0.2, 0) is 0 Å². The van der Waals surface area contributed by atoms with E-state index in [0.717, 1.165) is 23.2 Å². The van der Waals surface area contributed by atoms with E-state index in [4.69, 9.17) is 0 Å². The number of hydrogen-bond donors (Lipinski definition) is 1. The minimum atomic E-state index is 0.219. The van der Waals surface area contributed by atoms with Crippen LogP contribution >= 0.6 is 0 Å². The Morgan fingerprint density at radius 3 is 2.41 bits per heavy atom. The fraction of sp³-hybridized carbons (Fsp3) is 0.400. The Bertz CT molecular complexity index is 398. The van der Waals surface area contributed by atoms with Gasteiger partial charge in [0, 0.05) is 25.1 Å². The summed E-state index contributed by atoms with van der Waals surface area (Å²) in [6, 6.07) is 4.13. The Hall–Kier alpha value is -1.41. The van der Waals surface area contributed by atoms with E-state index in [9.17, 15) is 4.79 Å². The van der Waals surface area contributed by atoms with E-state index in [1.165, 1.54) is 5.56 Å². The average Bonchev–Trinajstić information content (AvgIpc) is 2.23. The summed E-state index contributed by atoms with van der Waals surface area (Å²) >= 11 is 0. The molecule has 0 fully saturated rings. The lowest BCUT2D eigenvalue weighted by molar-refractivity contribution is 0.0982. The molecular weight excluding hydrogens is 210 g/mol. The molecule has 0 unspecified atom stereocenters. The maximum atomic E-state index is 12.1. The molecule has 0 radical (unpaired) electrons. The van der Waals surface area contributed by atoms with Gasteiger partial charge >= 0.3 is 0 Å². The number of hydrogen-bond acceptors (Lipinski definition) is 2. The summed E-state index contributed by atoms with van der Waals surface area (Å²) in [6.45, 7) is 11.1. The van der Waals surface area contributed by atoms with Crippen LogP contribution in [0.3, 0.4) is 0 Å². The summed E-state index contributed by atoms with van der Waals surface area (Å²) in [6.07, 6.45) is 2.34. The SMILES string of the molecule is C=CCNCCC(=O)c1c(C)cc(C)cc1C. The van der Waals surface area contributed by atoms with Gasteiger partial charge in [0.2, 0.25) is 0 Å². The fourth-order valence-electron chi connectivity index (χ4n) is 2.15. The molecule has 0 aliphatic carbocycles. The lowest BCUT2D eigenvalue weighted by atomic mass is 9.95. The quantitative estimate of drug-likeness (QED) is 0.463. The Morgan fingerprint density at radius 1 is 1.29 bits per heavy atom. The second-order valence-corrected chi connectivity index (χ2v) is 4.44. The monoisotopic (exact) mass is 231 g/mol. The molecule has 2 nitrogen and oxygen atoms in total. The van der Waals surface area contributed by atoms with E-state index in [1.807, 2.05) is 13.8 Å². The number of aryl methyl sites for hydroxylation is 3. The predicted molar refractivity (Wildman–Crippen MR) is 72.7 cm³/mol. The fourth-order valence-corrected chi connectivity index (χ4v) is 2.15. The first-order valence-electron chi connectivity index (χ1n) is 5.99. The molecule has 1 N–H and O–H groups in total.